The van der Waals surface area contributed by atoms with Crippen molar-refractivity contribution < 1.29 is 14.3 Å². The molecule has 0 aliphatic rings. The van der Waals surface area contributed by atoms with E-state index < -0.39 is 0 Å². The molecule has 4 rings (SSSR count). The molecule has 33 heavy (non-hydrogen) atoms. The van der Waals surface area contributed by atoms with Gasteiger partial charge in [-0.2, -0.15) is 0 Å². The second-order valence-electron chi connectivity index (χ2n) is 7.79. The number of aromatic nitrogens is 5. The van der Waals surface area contributed by atoms with E-state index in [1.807, 2.05) is 40.0 Å². The van der Waals surface area contributed by atoms with Crippen molar-refractivity contribution in [2.75, 3.05) is 12.4 Å². The molecule has 0 saturated carbocycles. The van der Waals surface area contributed by atoms with E-state index in [-0.39, 0.29) is 11.9 Å². The highest BCUT2D eigenvalue weighted by atomic mass is 16.5. The van der Waals surface area contributed by atoms with Crippen molar-refractivity contribution in [2.45, 2.75) is 33.6 Å². The van der Waals surface area contributed by atoms with Gasteiger partial charge >= 0.3 is 6.01 Å². The van der Waals surface area contributed by atoms with Gasteiger partial charge in [-0.3, -0.25) is 4.79 Å². The Morgan fingerprint density at radius 3 is 2.61 bits per heavy atom. The van der Waals surface area contributed by atoms with Gasteiger partial charge in [-0.1, -0.05) is 0 Å². The number of benzene rings is 1. The molecule has 3 heterocycles. The number of nitrogens with zero attached hydrogens (tertiary/aromatic N) is 5. The van der Waals surface area contributed by atoms with Crippen molar-refractivity contribution in [1.82, 2.24) is 24.7 Å². The number of carbonyl (C=O) groups excluding carboxylic acids is 1. The van der Waals surface area contributed by atoms with Gasteiger partial charge in [0.15, 0.2) is 5.65 Å². The van der Waals surface area contributed by atoms with Gasteiger partial charge in [0.05, 0.1) is 12.5 Å². The van der Waals surface area contributed by atoms with Crippen molar-refractivity contribution in [3.8, 4) is 17.6 Å². The standard InChI is InChI=1S/C24H26N6O3/c1-14-13-17(33-24-25-11-6-12-26-24)7-9-19(14)28-20(31)10-8-18-15(2)21-22(27-16(18)3)30(4)29-23(21)32-5/h6-7,9,11-13H,8,10H2,1-5H3,(H,28,31). The molecule has 0 atom stereocenters. The second kappa shape index (κ2) is 9.23. The number of nitrogens with one attached hydrogen (secondary N) is 1. The van der Waals surface area contributed by atoms with Gasteiger partial charge in [-0.15, -0.1) is 5.10 Å². The Bertz CT molecular complexity index is 1320. The minimum Gasteiger partial charge on any atom is -0.479 e. The molecule has 1 amide bonds. The van der Waals surface area contributed by atoms with E-state index in [2.05, 4.69) is 25.4 Å². The number of ether oxygens (including phenoxy) is 2. The van der Waals surface area contributed by atoms with Crippen molar-refractivity contribution in [1.29, 1.82) is 0 Å². The van der Waals surface area contributed by atoms with Crippen LogP contribution < -0.4 is 14.8 Å². The first-order valence-corrected chi connectivity index (χ1v) is 10.6. The molecule has 170 valence electrons. The normalized spacial score (nSPS) is 10.9. The molecule has 9 nitrogen and oxygen atoms in total. The summed E-state index contributed by atoms with van der Waals surface area (Å²) in [6, 6.07) is 7.43. The molecule has 0 aliphatic carbocycles. The van der Waals surface area contributed by atoms with Gasteiger partial charge in [0, 0.05) is 37.2 Å². The highest BCUT2D eigenvalue weighted by molar-refractivity contribution is 5.92. The molecule has 0 radical (unpaired) electrons. The minimum absolute atomic E-state index is 0.0739. The Balaban J connectivity index is 1.45. The predicted molar refractivity (Wildman–Crippen MR) is 125 cm³/mol. The lowest BCUT2D eigenvalue weighted by atomic mass is 10.00. The maximum atomic E-state index is 12.7. The van der Waals surface area contributed by atoms with Crippen LogP contribution in [0.15, 0.2) is 36.7 Å². The Labute approximate surface area is 191 Å². The van der Waals surface area contributed by atoms with Gasteiger partial charge in [0.2, 0.25) is 11.8 Å². The molecular weight excluding hydrogens is 420 g/mol. The summed E-state index contributed by atoms with van der Waals surface area (Å²) in [6.45, 7) is 5.89. The molecule has 0 spiro atoms. The van der Waals surface area contributed by atoms with Gasteiger partial charge in [0.1, 0.15) is 5.75 Å². The molecule has 0 unspecified atom stereocenters. The number of pyridine rings is 1. The zero-order valence-corrected chi connectivity index (χ0v) is 19.3. The molecule has 0 fully saturated rings. The average molecular weight is 447 g/mol. The molecule has 9 heteroatoms. The van der Waals surface area contributed by atoms with Crippen molar-refractivity contribution >= 4 is 22.6 Å². The first kappa shape index (κ1) is 22.2. The summed E-state index contributed by atoms with van der Waals surface area (Å²) in [6.07, 6.45) is 4.12. The van der Waals surface area contributed by atoms with Crippen molar-refractivity contribution in [2.24, 2.45) is 7.05 Å². The minimum atomic E-state index is -0.0739. The van der Waals surface area contributed by atoms with E-state index in [0.29, 0.717) is 24.5 Å². The highest BCUT2D eigenvalue weighted by Gasteiger charge is 2.18. The molecular formula is C24H26N6O3. The molecule has 0 aliphatic heterocycles. The van der Waals surface area contributed by atoms with Crippen LogP contribution in [0.25, 0.3) is 11.0 Å². The highest BCUT2D eigenvalue weighted by Crippen LogP contribution is 2.30. The smallest absolute Gasteiger partial charge is 0.321 e. The van der Waals surface area contributed by atoms with Crippen LogP contribution >= 0.6 is 0 Å². The summed E-state index contributed by atoms with van der Waals surface area (Å²) in [4.78, 5) is 25.5. The van der Waals surface area contributed by atoms with Crippen LogP contribution in [0, 0.1) is 20.8 Å². The topological polar surface area (TPSA) is 104 Å². The molecule has 0 saturated heterocycles. The third kappa shape index (κ3) is 4.62. The lowest BCUT2D eigenvalue weighted by Crippen LogP contribution is -2.14. The van der Waals surface area contributed by atoms with E-state index in [4.69, 9.17) is 9.47 Å². The molecule has 1 N–H and O–H groups in total. The first-order chi connectivity index (χ1) is 15.9. The average Bonchev–Trinajstić information content (AvgIpc) is 3.11. The van der Waals surface area contributed by atoms with Crippen LogP contribution in [0.1, 0.15) is 28.8 Å². The van der Waals surface area contributed by atoms with E-state index in [9.17, 15) is 4.79 Å². The van der Waals surface area contributed by atoms with E-state index >= 15 is 0 Å². The SMILES string of the molecule is COc1nn(C)c2nc(C)c(CCC(=O)Nc3ccc(Oc4ncccn4)cc3C)c(C)c12. The van der Waals surface area contributed by atoms with Crippen LogP contribution in [-0.2, 0) is 18.3 Å². The maximum Gasteiger partial charge on any atom is 0.321 e. The Hall–Kier alpha value is -4.01. The fourth-order valence-corrected chi connectivity index (χ4v) is 3.84. The van der Waals surface area contributed by atoms with Gasteiger partial charge in [-0.05, 0) is 68.1 Å². The third-order valence-corrected chi connectivity index (χ3v) is 5.54. The van der Waals surface area contributed by atoms with Crippen molar-refractivity contribution in [3.05, 3.63) is 59.0 Å². The second-order valence-corrected chi connectivity index (χ2v) is 7.79. The number of aryl methyl sites for hydroxylation is 4. The zero-order chi connectivity index (χ0) is 23.5. The fraction of sp³-hybridized carbons (Fsp3) is 0.292. The third-order valence-electron chi connectivity index (χ3n) is 5.54. The number of amides is 1. The van der Waals surface area contributed by atoms with Crippen molar-refractivity contribution in [3.63, 3.8) is 0 Å². The zero-order valence-electron chi connectivity index (χ0n) is 19.3. The summed E-state index contributed by atoms with van der Waals surface area (Å²) >= 11 is 0. The summed E-state index contributed by atoms with van der Waals surface area (Å²) in [5.41, 5.74) is 5.35. The van der Waals surface area contributed by atoms with Crippen LogP contribution in [0.2, 0.25) is 0 Å². The molecule has 4 aromatic rings. The van der Waals surface area contributed by atoms with Crippen LogP contribution in [0.4, 0.5) is 5.69 Å². The van der Waals surface area contributed by atoms with Crippen LogP contribution in [0.3, 0.4) is 0 Å². The Morgan fingerprint density at radius 2 is 1.91 bits per heavy atom. The van der Waals surface area contributed by atoms with E-state index in [0.717, 1.165) is 39.1 Å². The lowest BCUT2D eigenvalue weighted by Gasteiger charge is -2.13. The Morgan fingerprint density at radius 1 is 1.15 bits per heavy atom. The summed E-state index contributed by atoms with van der Waals surface area (Å²) in [5.74, 6) is 1.07. The molecule has 1 aromatic carbocycles. The number of hydrogen-bond acceptors (Lipinski definition) is 7. The number of methoxy groups -OCH3 is 1. The largest absolute Gasteiger partial charge is 0.479 e. The maximum absolute atomic E-state index is 12.7. The summed E-state index contributed by atoms with van der Waals surface area (Å²) in [7, 11) is 3.44. The van der Waals surface area contributed by atoms with Crippen LogP contribution in [0.5, 0.6) is 17.6 Å². The number of fused-ring (bicyclic) bond motifs is 1. The Kier molecular flexibility index (Phi) is 6.21. The van der Waals surface area contributed by atoms with E-state index in [1.54, 1.807) is 36.3 Å². The predicted octanol–water partition coefficient (Wildman–Crippen LogP) is 4.06. The van der Waals surface area contributed by atoms with Gasteiger partial charge in [-0.25, -0.2) is 19.6 Å². The molecule has 3 aromatic heterocycles. The number of rotatable bonds is 7. The summed E-state index contributed by atoms with van der Waals surface area (Å²) in [5, 5.41) is 8.25. The van der Waals surface area contributed by atoms with Gasteiger partial charge in [0.25, 0.3) is 0 Å². The van der Waals surface area contributed by atoms with Gasteiger partial charge < -0.3 is 14.8 Å². The fourth-order valence-electron chi connectivity index (χ4n) is 3.84. The molecule has 0 bridgehead atoms. The number of carbonyl (C=O) groups is 1. The summed E-state index contributed by atoms with van der Waals surface area (Å²) < 4.78 is 12.8. The first-order valence-electron chi connectivity index (χ1n) is 10.6. The number of hydrogen-bond donors (Lipinski definition) is 1. The lowest BCUT2D eigenvalue weighted by molar-refractivity contribution is -0.116. The monoisotopic (exact) mass is 446 g/mol. The van der Waals surface area contributed by atoms with E-state index in [1.165, 1.54) is 0 Å². The van der Waals surface area contributed by atoms with Crippen LogP contribution in [-0.4, -0.2) is 37.7 Å². The quantitative estimate of drug-likeness (QED) is 0.457. The number of anilines is 1.